The maximum Gasteiger partial charge on any atom is 0.251 e. The van der Waals surface area contributed by atoms with Gasteiger partial charge < -0.3 is 46.3 Å². The SMILES string of the molecule is COc1cccc(CNc2nc(NCCCO)nc(Nc3cccc(C(=O)NCCOCCOCCN)c3)n2)c1. The fraction of sp³-hybridized carbons (Fsp3) is 0.407. The summed E-state index contributed by atoms with van der Waals surface area (Å²) in [5, 5.41) is 21.4. The van der Waals surface area contributed by atoms with E-state index in [9.17, 15) is 4.79 Å². The molecule has 0 aliphatic heterocycles. The maximum atomic E-state index is 12.6. The predicted octanol–water partition coefficient (Wildman–Crippen LogP) is 1.75. The van der Waals surface area contributed by atoms with E-state index in [4.69, 9.17) is 25.1 Å². The van der Waals surface area contributed by atoms with Crippen molar-refractivity contribution in [3.8, 4) is 5.75 Å². The molecule has 3 rings (SSSR count). The third kappa shape index (κ3) is 11.0. The number of ether oxygens (including phenoxy) is 3. The van der Waals surface area contributed by atoms with Crippen molar-refractivity contribution in [1.29, 1.82) is 0 Å². The molecule has 0 aliphatic carbocycles. The standard InChI is InChI=1S/C27H38N8O5/c1-38-23-8-2-5-20(17-23)19-31-26-33-25(30-10-4-12-36)34-27(35-26)32-22-7-3-6-21(18-22)24(37)29-11-14-40-16-15-39-13-9-28/h2-3,5-8,17-18,36H,4,9-16,19,28H2,1H3,(H,29,37)(H3,30,31,32,33,34,35). The first-order valence-corrected chi connectivity index (χ1v) is 13.1. The van der Waals surface area contributed by atoms with Gasteiger partial charge in [-0.15, -0.1) is 0 Å². The lowest BCUT2D eigenvalue weighted by Gasteiger charge is -2.12. The van der Waals surface area contributed by atoms with Crippen molar-refractivity contribution in [2.24, 2.45) is 5.73 Å². The number of nitrogens with zero attached hydrogens (tertiary/aromatic N) is 3. The highest BCUT2D eigenvalue weighted by atomic mass is 16.5. The molecule has 0 saturated heterocycles. The van der Waals surface area contributed by atoms with Gasteiger partial charge in [-0.2, -0.15) is 15.0 Å². The van der Waals surface area contributed by atoms with Gasteiger partial charge in [0.15, 0.2) is 0 Å². The Labute approximate surface area is 233 Å². The first-order chi connectivity index (χ1) is 19.6. The largest absolute Gasteiger partial charge is 0.497 e. The fourth-order valence-electron chi connectivity index (χ4n) is 3.44. The number of nitrogens with one attached hydrogen (secondary N) is 4. The third-order valence-electron chi connectivity index (χ3n) is 5.39. The molecule has 216 valence electrons. The first kappa shape index (κ1) is 30.5. The van der Waals surface area contributed by atoms with E-state index in [1.807, 2.05) is 30.3 Å². The number of amides is 1. The number of aromatic nitrogens is 3. The molecule has 13 nitrogen and oxygen atoms in total. The molecular weight excluding hydrogens is 516 g/mol. The van der Waals surface area contributed by atoms with Gasteiger partial charge in [-0.05, 0) is 42.3 Å². The van der Waals surface area contributed by atoms with E-state index >= 15 is 0 Å². The second-order valence-corrected chi connectivity index (χ2v) is 8.49. The van der Waals surface area contributed by atoms with Crippen molar-refractivity contribution in [1.82, 2.24) is 20.3 Å². The van der Waals surface area contributed by atoms with Crippen LogP contribution in [-0.2, 0) is 16.0 Å². The van der Waals surface area contributed by atoms with Gasteiger partial charge in [0.2, 0.25) is 17.8 Å². The second kappa shape index (κ2) is 17.5. The van der Waals surface area contributed by atoms with Crippen LogP contribution in [0, 0.1) is 0 Å². The molecule has 0 fully saturated rings. The van der Waals surface area contributed by atoms with Crippen molar-refractivity contribution < 1.29 is 24.1 Å². The highest BCUT2D eigenvalue weighted by molar-refractivity contribution is 5.95. The summed E-state index contributed by atoms with van der Waals surface area (Å²) >= 11 is 0. The number of hydrogen-bond acceptors (Lipinski definition) is 12. The van der Waals surface area contributed by atoms with E-state index in [0.29, 0.717) is 82.2 Å². The van der Waals surface area contributed by atoms with Gasteiger partial charge in [0.1, 0.15) is 5.75 Å². The van der Waals surface area contributed by atoms with E-state index in [-0.39, 0.29) is 18.5 Å². The number of hydrogen-bond donors (Lipinski definition) is 6. The lowest BCUT2D eigenvalue weighted by molar-refractivity contribution is 0.0511. The summed E-state index contributed by atoms with van der Waals surface area (Å²) in [5.41, 5.74) is 7.47. The topological polar surface area (TPSA) is 178 Å². The van der Waals surface area contributed by atoms with Crippen molar-refractivity contribution in [3.05, 3.63) is 59.7 Å². The normalized spacial score (nSPS) is 10.7. The second-order valence-electron chi connectivity index (χ2n) is 8.49. The Kier molecular flexibility index (Phi) is 13.4. The Morgan fingerprint density at radius 3 is 2.42 bits per heavy atom. The molecule has 13 heteroatoms. The molecule has 0 saturated carbocycles. The van der Waals surface area contributed by atoms with E-state index < -0.39 is 0 Å². The molecule has 0 spiro atoms. The van der Waals surface area contributed by atoms with Crippen LogP contribution in [0.15, 0.2) is 48.5 Å². The molecule has 0 unspecified atom stereocenters. The van der Waals surface area contributed by atoms with Gasteiger partial charge in [0, 0.05) is 44.0 Å². The van der Waals surface area contributed by atoms with Crippen molar-refractivity contribution in [2.45, 2.75) is 13.0 Å². The third-order valence-corrected chi connectivity index (χ3v) is 5.39. The van der Waals surface area contributed by atoms with Crippen LogP contribution >= 0.6 is 0 Å². The molecule has 40 heavy (non-hydrogen) atoms. The summed E-state index contributed by atoms with van der Waals surface area (Å²) in [6.45, 7) is 3.63. The van der Waals surface area contributed by atoms with Gasteiger partial charge in [-0.25, -0.2) is 0 Å². The number of carbonyl (C=O) groups excluding carboxylic acids is 1. The zero-order chi connectivity index (χ0) is 28.4. The minimum atomic E-state index is -0.228. The molecule has 1 amide bonds. The van der Waals surface area contributed by atoms with Crippen LogP contribution in [0.4, 0.5) is 23.5 Å². The Hall–Kier alpha value is -4.04. The van der Waals surface area contributed by atoms with Crippen molar-refractivity contribution in [2.75, 3.05) is 75.7 Å². The molecule has 0 aliphatic rings. The zero-order valence-electron chi connectivity index (χ0n) is 22.7. The number of carbonyl (C=O) groups is 1. The molecule has 0 bridgehead atoms. The van der Waals surface area contributed by atoms with Crippen LogP contribution in [0.1, 0.15) is 22.3 Å². The quantitative estimate of drug-likeness (QED) is 0.118. The van der Waals surface area contributed by atoms with Crippen LogP contribution in [0.25, 0.3) is 0 Å². The van der Waals surface area contributed by atoms with Crippen molar-refractivity contribution in [3.63, 3.8) is 0 Å². The Balaban J connectivity index is 1.61. The van der Waals surface area contributed by atoms with Gasteiger partial charge in [0.25, 0.3) is 5.91 Å². The Morgan fingerprint density at radius 1 is 0.900 bits per heavy atom. The number of aliphatic hydroxyl groups excluding tert-OH is 1. The first-order valence-electron chi connectivity index (χ1n) is 13.1. The summed E-state index contributed by atoms with van der Waals surface area (Å²) in [6, 6.07) is 14.7. The predicted molar refractivity (Wildman–Crippen MR) is 153 cm³/mol. The van der Waals surface area contributed by atoms with Crippen LogP contribution in [0.3, 0.4) is 0 Å². The Bertz CT molecular complexity index is 1180. The number of methoxy groups -OCH3 is 1. The number of nitrogens with two attached hydrogens (primary N) is 1. The molecule has 2 aromatic carbocycles. The molecule has 3 aromatic rings. The number of aliphatic hydroxyl groups is 1. The minimum absolute atomic E-state index is 0.0499. The summed E-state index contributed by atoms with van der Waals surface area (Å²) in [6.07, 6.45) is 0.547. The van der Waals surface area contributed by atoms with E-state index in [2.05, 4.69) is 36.2 Å². The number of benzene rings is 2. The number of rotatable bonds is 19. The summed E-state index contributed by atoms with van der Waals surface area (Å²) in [4.78, 5) is 26.0. The zero-order valence-corrected chi connectivity index (χ0v) is 22.7. The van der Waals surface area contributed by atoms with Crippen LogP contribution < -0.4 is 31.7 Å². The van der Waals surface area contributed by atoms with Crippen molar-refractivity contribution >= 4 is 29.4 Å². The summed E-state index contributed by atoms with van der Waals surface area (Å²) in [5.74, 6) is 1.52. The molecule has 7 N–H and O–H groups in total. The molecule has 0 atom stereocenters. The highest BCUT2D eigenvalue weighted by Gasteiger charge is 2.10. The average molecular weight is 555 g/mol. The average Bonchev–Trinajstić information content (AvgIpc) is 2.97. The van der Waals surface area contributed by atoms with Gasteiger partial charge in [-0.3, -0.25) is 4.79 Å². The smallest absolute Gasteiger partial charge is 0.251 e. The van der Waals surface area contributed by atoms with Crippen LogP contribution in [-0.4, -0.2) is 85.7 Å². The van der Waals surface area contributed by atoms with Gasteiger partial charge >= 0.3 is 0 Å². The van der Waals surface area contributed by atoms with E-state index in [1.54, 1.807) is 25.3 Å². The van der Waals surface area contributed by atoms with E-state index in [0.717, 1.165) is 11.3 Å². The molecular formula is C27H38N8O5. The van der Waals surface area contributed by atoms with Gasteiger partial charge in [-0.1, -0.05) is 18.2 Å². The minimum Gasteiger partial charge on any atom is -0.497 e. The molecule has 0 radical (unpaired) electrons. The van der Waals surface area contributed by atoms with E-state index in [1.165, 1.54) is 0 Å². The summed E-state index contributed by atoms with van der Waals surface area (Å²) < 4.78 is 16.0. The fourth-order valence-corrected chi connectivity index (χ4v) is 3.44. The maximum absolute atomic E-state index is 12.6. The lowest BCUT2D eigenvalue weighted by Crippen LogP contribution is -2.27. The van der Waals surface area contributed by atoms with Crippen LogP contribution in [0.2, 0.25) is 0 Å². The monoisotopic (exact) mass is 554 g/mol. The molecule has 1 heterocycles. The lowest BCUT2D eigenvalue weighted by atomic mass is 10.2. The molecule has 1 aromatic heterocycles. The number of anilines is 4. The van der Waals surface area contributed by atoms with Gasteiger partial charge in [0.05, 0.1) is 33.5 Å². The Morgan fingerprint density at radius 2 is 1.65 bits per heavy atom. The highest BCUT2D eigenvalue weighted by Crippen LogP contribution is 2.19. The summed E-state index contributed by atoms with van der Waals surface area (Å²) in [7, 11) is 1.62. The van der Waals surface area contributed by atoms with Crippen LogP contribution in [0.5, 0.6) is 5.75 Å².